The van der Waals surface area contributed by atoms with Crippen molar-refractivity contribution in [1.29, 1.82) is 0 Å². The van der Waals surface area contributed by atoms with Gasteiger partial charge in [0.05, 0.1) is 44.5 Å². The van der Waals surface area contributed by atoms with Gasteiger partial charge in [0.25, 0.3) is 0 Å². The second kappa shape index (κ2) is 15.4. The molecule has 0 amide bonds. The van der Waals surface area contributed by atoms with Gasteiger partial charge in [-0.25, -0.2) is 0 Å². The van der Waals surface area contributed by atoms with Crippen molar-refractivity contribution in [3.8, 4) is 11.1 Å². The number of para-hydroxylation sites is 6. The average Bonchev–Trinajstić information content (AvgIpc) is 4.18. The Morgan fingerprint density at radius 2 is 0.746 bits per heavy atom. The van der Waals surface area contributed by atoms with Crippen molar-refractivity contribution < 1.29 is 0 Å². The van der Waals surface area contributed by atoms with Crippen LogP contribution >= 0.6 is 0 Å². The van der Waals surface area contributed by atoms with Crippen molar-refractivity contribution in [2.24, 2.45) is 5.92 Å². The van der Waals surface area contributed by atoms with Gasteiger partial charge in [0.15, 0.2) is 0 Å². The average molecular weight is 907 g/mol. The third-order valence-electron chi connectivity index (χ3n) is 15.3. The summed E-state index contributed by atoms with van der Waals surface area (Å²) in [4.78, 5) is 4.86. The van der Waals surface area contributed by atoms with Gasteiger partial charge in [0.1, 0.15) is 0 Å². The normalized spacial score (nSPS) is 14.1. The summed E-state index contributed by atoms with van der Waals surface area (Å²) in [6, 6.07) is 82.4. The molecular formula is C67H46N4. The zero-order chi connectivity index (χ0) is 46.7. The lowest BCUT2D eigenvalue weighted by Gasteiger charge is -2.26. The minimum absolute atomic E-state index is 0.298. The van der Waals surface area contributed by atoms with Gasteiger partial charge in [-0.1, -0.05) is 177 Å². The van der Waals surface area contributed by atoms with Crippen LogP contribution in [0.25, 0.3) is 92.9 Å². The van der Waals surface area contributed by atoms with E-state index in [0.717, 1.165) is 40.5 Å². The Labute approximate surface area is 411 Å². The zero-order valence-corrected chi connectivity index (χ0v) is 39.2. The second-order valence-corrected chi connectivity index (χ2v) is 19.2. The summed E-state index contributed by atoms with van der Waals surface area (Å²) in [6.45, 7) is 2.42. The van der Waals surface area contributed by atoms with E-state index < -0.39 is 0 Å². The van der Waals surface area contributed by atoms with Crippen molar-refractivity contribution in [2.45, 2.75) is 13.3 Å². The first-order valence-electron chi connectivity index (χ1n) is 24.9. The summed E-state index contributed by atoms with van der Waals surface area (Å²) in [5.41, 5.74) is 19.4. The fourth-order valence-corrected chi connectivity index (χ4v) is 12.5. The van der Waals surface area contributed by atoms with Crippen LogP contribution in [0.15, 0.2) is 243 Å². The van der Waals surface area contributed by atoms with E-state index in [-0.39, 0.29) is 0 Å². The van der Waals surface area contributed by atoms with Gasteiger partial charge >= 0.3 is 0 Å². The third kappa shape index (κ3) is 5.61. The molecule has 1 aliphatic carbocycles. The van der Waals surface area contributed by atoms with Gasteiger partial charge in [-0.15, -0.1) is 0 Å². The Morgan fingerprint density at radius 3 is 1.18 bits per heavy atom. The maximum Gasteiger partial charge on any atom is 0.0633 e. The molecule has 0 saturated heterocycles. The third-order valence-corrected chi connectivity index (χ3v) is 15.3. The van der Waals surface area contributed by atoms with Crippen LogP contribution in [0.4, 0.5) is 34.1 Å². The maximum atomic E-state index is 2.66. The molecule has 10 aromatic carbocycles. The van der Waals surface area contributed by atoms with E-state index in [2.05, 4.69) is 268 Å². The van der Waals surface area contributed by atoms with Crippen molar-refractivity contribution in [3.05, 3.63) is 248 Å². The van der Waals surface area contributed by atoms with E-state index >= 15 is 0 Å². The molecule has 1 aliphatic rings. The lowest BCUT2D eigenvalue weighted by Crippen LogP contribution is -2.10. The fraction of sp³-hybridized carbons (Fsp3) is 0.0448. The number of fused-ring (bicyclic) bond motifs is 12. The van der Waals surface area contributed by atoms with Crippen LogP contribution in [0, 0.1) is 5.92 Å². The largest absolute Gasteiger partial charge is 0.310 e. The van der Waals surface area contributed by atoms with Gasteiger partial charge in [0.2, 0.25) is 0 Å². The highest BCUT2D eigenvalue weighted by molar-refractivity contribution is 6.37. The number of aromatic nitrogens is 2. The van der Waals surface area contributed by atoms with Gasteiger partial charge in [0, 0.05) is 77.0 Å². The number of hydrogen-bond acceptors (Lipinski definition) is 2. The molecule has 4 aromatic heterocycles. The highest BCUT2D eigenvalue weighted by atomic mass is 15.2. The summed E-state index contributed by atoms with van der Waals surface area (Å²) < 4.78 is 5.30. The SMILES string of the molecule is CC1CC=CC=C1c1c2c3cccc4c5c(N(c6ccccc6)c6ccccc6)cccc5n(c2c(-c2ccccc2)c2c5cccc6c7c(N(c8ccccc8)c8ccccc8)cccc7n(c12)c65)c43. The topological polar surface area (TPSA) is 15.3 Å². The van der Waals surface area contributed by atoms with Crippen molar-refractivity contribution in [3.63, 3.8) is 0 Å². The number of nitrogens with zero attached hydrogens (tertiary/aromatic N) is 4. The van der Waals surface area contributed by atoms with Gasteiger partial charge in [-0.2, -0.15) is 0 Å². The van der Waals surface area contributed by atoms with Crippen LogP contribution < -0.4 is 9.80 Å². The monoisotopic (exact) mass is 906 g/mol. The minimum atomic E-state index is 0.298. The standard InChI is InChI=1S/C67H46N4/c1-43-23-17-18-34-49(43)61-63-53-38-20-36-51-59-54(68(45-26-9-3-10-27-45)46-28-11-4-12-29-46)39-21-41-56(59)70(65(51)53)66(63)58(44-24-7-2-8-25-44)62-52-37-19-35-50-60-55(40-22-42-57(60)71(64(50)52)67(61)62)69(47-30-13-5-14-31-47)48-32-15-6-16-33-48/h2-22,24-43H,23H2,1H3. The molecule has 4 heterocycles. The van der Waals surface area contributed by atoms with Gasteiger partial charge < -0.3 is 18.6 Å². The smallest absolute Gasteiger partial charge is 0.0633 e. The minimum Gasteiger partial charge on any atom is -0.310 e. The summed E-state index contributed by atoms with van der Waals surface area (Å²) in [6.07, 6.45) is 8.02. The molecule has 1 atom stereocenters. The predicted octanol–water partition coefficient (Wildman–Crippen LogP) is 18.6. The van der Waals surface area contributed by atoms with Gasteiger partial charge in [-0.3, -0.25) is 0 Å². The predicted molar refractivity (Wildman–Crippen MR) is 301 cm³/mol. The number of benzene rings is 10. The van der Waals surface area contributed by atoms with Crippen LogP contribution in [0.5, 0.6) is 0 Å². The van der Waals surface area contributed by atoms with Gasteiger partial charge in [-0.05, 0) is 96.3 Å². The molecular weight excluding hydrogens is 861 g/mol. The first kappa shape index (κ1) is 39.8. The highest BCUT2D eigenvalue weighted by Crippen LogP contribution is 2.56. The van der Waals surface area contributed by atoms with E-state index in [1.807, 2.05) is 0 Å². The lowest BCUT2D eigenvalue weighted by molar-refractivity contribution is 0.760. The molecule has 334 valence electrons. The molecule has 71 heavy (non-hydrogen) atoms. The number of allylic oxidation sites excluding steroid dienone is 4. The van der Waals surface area contributed by atoms with Crippen molar-refractivity contribution in [2.75, 3.05) is 9.80 Å². The van der Waals surface area contributed by atoms with Crippen molar-refractivity contribution >= 4 is 116 Å². The molecule has 0 bridgehead atoms. The Hall–Kier alpha value is -9.12. The Kier molecular flexibility index (Phi) is 8.67. The second-order valence-electron chi connectivity index (χ2n) is 19.2. The highest BCUT2D eigenvalue weighted by Gasteiger charge is 2.33. The van der Waals surface area contributed by atoms with Crippen LogP contribution in [0.3, 0.4) is 0 Å². The van der Waals surface area contributed by atoms with E-state index in [4.69, 9.17) is 0 Å². The van der Waals surface area contributed by atoms with E-state index in [0.29, 0.717) is 5.92 Å². The molecule has 4 heteroatoms. The quantitative estimate of drug-likeness (QED) is 0.151. The molecule has 0 saturated carbocycles. The molecule has 14 aromatic rings. The Balaban J connectivity index is 1.16. The zero-order valence-electron chi connectivity index (χ0n) is 39.2. The number of hydrogen-bond donors (Lipinski definition) is 0. The Bertz CT molecular complexity index is 4330. The number of rotatable bonds is 8. The molecule has 0 fully saturated rings. The molecule has 1 unspecified atom stereocenters. The summed E-state index contributed by atoms with van der Waals surface area (Å²) in [5, 5.41) is 10.1. The first-order chi connectivity index (χ1) is 35.2. The first-order valence-corrected chi connectivity index (χ1v) is 24.9. The molecule has 15 rings (SSSR count). The molecule has 4 nitrogen and oxygen atoms in total. The van der Waals surface area contributed by atoms with Crippen LogP contribution in [0.1, 0.15) is 18.9 Å². The molecule has 0 aliphatic heterocycles. The Morgan fingerprint density at radius 1 is 0.366 bits per heavy atom. The molecule has 0 N–H and O–H groups in total. The summed E-state index contributed by atoms with van der Waals surface area (Å²) >= 11 is 0. The lowest BCUT2D eigenvalue weighted by atomic mass is 9.82. The fourth-order valence-electron chi connectivity index (χ4n) is 12.5. The number of anilines is 6. The maximum absolute atomic E-state index is 2.66. The summed E-state index contributed by atoms with van der Waals surface area (Å²) in [5.74, 6) is 0.298. The van der Waals surface area contributed by atoms with Crippen LogP contribution in [-0.4, -0.2) is 8.80 Å². The van der Waals surface area contributed by atoms with E-state index in [1.165, 1.54) is 98.5 Å². The van der Waals surface area contributed by atoms with Crippen molar-refractivity contribution in [1.82, 2.24) is 8.80 Å². The van der Waals surface area contributed by atoms with E-state index in [9.17, 15) is 0 Å². The summed E-state index contributed by atoms with van der Waals surface area (Å²) in [7, 11) is 0. The molecule has 0 radical (unpaired) electrons. The van der Waals surface area contributed by atoms with E-state index in [1.54, 1.807) is 0 Å². The van der Waals surface area contributed by atoms with Crippen LogP contribution in [0.2, 0.25) is 0 Å². The molecule has 0 spiro atoms. The van der Waals surface area contributed by atoms with Crippen LogP contribution in [-0.2, 0) is 0 Å².